The summed E-state index contributed by atoms with van der Waals surface area (Å²) in [4.78, 5) is 17.7. The monoisotopic (exact) mass is 807 g/mol. The van der Waals surface area contributed by atoms with Crippen molar-refractivity contribution in [1.29, 1.82) is 0 Å². The van der Waals surface area contributed by atoms with Crippen LogP contribution in [0, 0.1) is 23.1 Å². The van der Waals surface area contributed by atoms with E-state index in [1.807, 2.05) is 0 Å². The topological polar surface area (TPSA) is 93.1 Å². The van der Waals surface area contributed by atoms with Crippen molar-refractivity contribution in [2.24, 2.45) is 0 Å². The number of anilines is 1. The van der Waals surface area contributed by atoms with Crippen LogP contribution < -0.4 is 14.4 Å². The quantitative estimate of drug-likeness (QED) is 0.0693. The summed E-state index contributed by atoms with van der Waals surface area (Å²) in [5.41, 5.74) is 4.12. The maximum atomic E-state index is 17.5. The first-order chi connectivity index (χ1) is 27.2. The van der Waals surface area contributed by atoms with E-state index < -0.39 is 43.7 Å². The molecule has 0 saturated carbocycles. The number of benzene rings is 2. The second-order valence-electron chi connectivity index (χ2n) is 16.9. The van der Waals surface area contributed by atoms with E-state index >= 15 is 8.78 Å². The van der Waals surface area contributed by atoms with Gasteiger partial charge in [0.25, 0.3) is 0 Å². The number of hydrogen-bond acceptors (Lipinski definition) is 9. The van der Waals surface area contributed by atoms with E-state index in [1.54, 1.807) is 23.1 Å². The molecule has 306 valence electrons. The molecule has 0 unspecified atom stereocenters. The maximum absolute atomic E-state index is 17.5. The van der Waals surface area contributed by atoms with Crippen LogP contribution >= 0.6 is 0 Å². The third-order valence-corrected chi connectivity index (χ3v) is 18.9. The number of ether oxygens (including phenoxy) is 3. The van der Waals surface area contributed by atoms with E-state index in [2.05, 4.69) is 72.9 Å². The predicted molar refractivity (Wildman–Crippen MR) is 217 cm³/mol. The second kappa shape index (κ2) is 16.3. The zero-order valence-electron chi connectivity index (χ0n) is 33.8. The van der Waals surface area contributed by atoms with Gasteiger partial charge in [-0.1, -0.05) is 53.5 Å². The van der Waals surface area contributed by atoms with Crippen LogP contribution in [0.3, 0.4) is 0 Å². The lowest BCUT2D eigenvalue weighted by atomic mass is 9.95. The van der Waals surface area contributed by atoms with Crippen LogP contribution in [0.25, 0.3) is 32.9 Å². The Morgan fingerprint density at radius 1 is 1.00 bits per heavy atom. The number of hydrogen-bond donors (Lipinski definition) is 1. The van der Waals surface area contributed by atoms with Crippen LogP contribution in [0.1, 0.15) is 72.8 Å². The third-order valence-electron chi connectivity index (χ3n) is 12.6. The average Bonchev–Trinajstić information content (AvgIpc) is 3.70. The van der Waals surface area contributed by atoms with Crippen LogP contribution in [0.4, 0.5) is 23.4 Å². The molecule has 0 spiro atoms. The molecule has 3 aliphatic heterocycles. The number of fused-ring (bicyclic) bond motifs is 3. The number of halogens is 4. The van der Waals surface area contributed by atoms with E-state index in [-0.39, 0.29) is 72.5 Å². The lowest BCUT2D eigenvalue weighted by molar-refractivity contribution is 0.0512. The Hall–Kier alpha value is -4.03. The van der Waals surface area contributed by atoms with Gasteiger partial charge in [-0.25, -0.2) is 17.6 Å². The van der Waals surface area contributed by atoms with Crippen molar-refractivity contribution in [3.63, 3.8) is 0 Å². The second-order valence-corrected chi connectivity index (χ2v) is 22.5. The summed E-state index contributed by atoms with van der Waals surface area (Å²) >= 11 is 0. The highest BCUT2D eigenvalue weighted by Crippen LogP contribution is 2.44. The average molecular weight is 808 g/mol. The normalized spacial score (nSPS) is 22.9. The van der Waals surface area contributed by atoms with Gasteiger partial charge >= 0.3 is 6.01 Å². The van der Waals surface area contributed by atoms with Gasteiger partial charge < -0.3 is 24.2 Å². The Bertz CT molecular complexity index is 2180. The van der Waals surface area contributed by atoms with E-state index in [0.29, 0.717) is 46.1 Å². The zero-order chi connectivity index (χ0) is 40.8. The smallest absolute Gasteiger partial charge is 0.319 e. The largest absolute Gasteiger partial charge is 0.468 e. The van der Waals surface area contributed by atoms with E-state index in [1.165, 1.54) is 19.4 Å². The van der Waals surface area contributed by atoms with Gasteiger partial charge in [-0.05, 0) is 66.0 Å². The molecule has 0 aliphatic carbocycles. The van der Waals surface area contributed by atoms with Gasteiger partial charge in [-0.15, -0.1) is 5.54 Å². The highest BCUT2D eigenvalue weighted by molar-refractivity contribution is 6.90. The molecule has 7 rings (SSSR count). The van der Waals surface area contributed by atoms with Crippen LogP contribution in [0.15, 0.2) is 30.5 Å². The minimum atomic E-state index is -2.32. The maximum Gasteiger partial charge on any atom is 0.319 e. The number of piperidine rings is 1. The van der Waals surface area contributed by atoms with E-state index in [0.717, 1.165) is 19.4 Å². The minimum Gasteiger partial charge on any atom is -0.468 e. The number of alkyl halides is 2. The summed E-state index contributed by atoms with van der Waals surface area (Å²) in [6, 6.07) is 6.18. The van der Waals surface area contributed by atoms with Gasteiger partial charge in [0.2, 0.25) is 0 Å². The zero-order valence-corrected chi connectivity index (χ0v) is 34.8. The molecule has 2 aromatic heterocycles. The SMILES string of the molecule is COCOc1cc(-c2ncc3c(N4CC[C@@H](F)[C@H](O)C4)nc(OC[C@@]45CCCN4C[C@H](F)C5)nc3c2F)c2c(C#C[Si](C(C)C)(C(C)C)C(C)C)c(F)ccc2c1. The lowest BCUT2D eigenvalue weighted by Crippen LogP contribution is -2.45. The van der Waals surface area contributed by atoms with Crippen molar-refractivity contribution in [2.75, 3.05) is 51.6 Å². The fourth-order valence-electron chi connectivity index (χ4n) is 9.79. The first-order valence-corrected chi connectivity index (χ1v) is 22.3. The van der Waals surface area contributed by atoms with E-state index in [9.17, 15) is 13.9 Å². The summed E-state index contributed by atoms with van der Waals surface area (Å²) in [7, 11) is -0.833. The number of nitrogens with zero attached hydrogens (tertiary/aromatic N) is 5. The molecule has 0 bridgehead atoms. The number of aromatic nitrogens is 3. The molecule has 3 saturated heterocycles. The summed E-state index contributed by atoms with van der Waals surface area (Å²) in [6.45, 7) is 14.3. The fraction of sp³-hybridized carbons (Fsp3) is 0.558. The number of aliphatic hydroxyl groups excluding tert-OH is 1. The molecule has 57 heavy (non-hydrogen) atoms. The summed E-state index contributed by atoms with van der Waals surface area (Å²) in [5, 5.41) is 11.7. The molecule has 4 atom stereocenters. The van der Waals surface area contributed by atoms with E-state index in [4.69, 9.17) is 14.2 Å². The Morgan fingerprint density at radius 2 is 1.75 bits per heavy atom. The summed E-state index contributed by atoms with van der Waals surface area (Å²) in [5.74, 6) is 2.50. The van der Waals surface area contributed by atoms with Crippen molar-refractivity contribution in [1.82, 2.24) is 19.9 Å². The highest BCUT2D eigenvalue weighted by atomic mass is 28.3. The number of β-amino-alcohol motifs (C(OH)–C–C–N with tert-alkyl or cyclic N) is 1. The van der Waals surface area contributed by atoms with Gasteiger partial charge in [-0.2, -0.15) is 9.97 Å². The van der Waals surface area contributed by atoms with Crippen LogP contribution in [0.2, 0.25) is 16.6 Å². The first-order valence-electron chi connectivity index (χ1n) is 20.1. The Labute approximate surface area is 333 Å². The van der Waals surface area contributed by atoms with Crippen LogP contribution in [-0.2, 0) is 4.74 Å². The molecular weight excluding hydrogens is 755 g/mol. The van der Waals surface area contributed by atoms with Crippen molar-refractivity contribution in [3.05, 3.63) is 47.7 Å². The predicted octanol–water partition coefficient (Wildman–Crippen LogP) is 8.54. The van der Waals surface area contributed by atoms with Crippen molar-refractivity contribution in [3.8, 4) is 34.5 Å². The molecule has 5 heterocycles. The van der Waals surface area contributed by atoms with Crippen molar-refractivity contribution < 1.29 is 36.9 Å². The molecule has 3 fully saturated rings. The molecule has 3 aliphatic rings. The van der Waals surface area contributed by atoms with Gasteiger partial charge in [-0.3, -0.25) is 9.88 Å². The van der Waals surface area contributed by atoms with Crippen molar-refractivity contribution in [2.45, 2.75) is 108 Å². The van der Waals surface area contributed by atoms with Crippen molar-refractivity contribution >= 4 is 35.6 Å². The highest BCUT2D eigenvalue weighted by Gasteiger charge is 2.49. The fourth-order valence-corrected chi connectivity index (χ4v) is 15.0. The van der Waals surface area contributed by atoms with Crippen LogP contribution in [-0.4, -0.2) is 104 Å². The number of aliphatic hydroxyl groups is 1. The molecule has 9 nitrogen and oxygen atoms in total. The first kappa shape index (κ1) is 41.1. The Morgan fingerprint density at radius 3 is 2.46 bits per heavy atom. The van der Waals surface area contributed by atoms with Gasteiger partial charge in [0.1, 0.15) is 61.7 Å². The lowest BCUT2D eigenvalue weighted by Gasteiger charge is -2.38. The summed E-state index contributed by atoms with van der Waals surface area (Å²) < 4.78 is 80.0. The molecule has 14 heteroatoms. The van der Waals surface area contributed by atoms with Gasteiger partial charge in [0.15, 0.2) is 12.6 Å². The van der Waals surface area contributed by atoms with Gasteiger partial charge in [0.05, 0.1) is 16.5 Å². The van der Waals surface area contributed by atoms with Gasteiger partial charge in [0, 0.05) is 50.3 Å². The minimum absolute atomic E-state index is 0.0387. The standard InChI is InChI=1S/C43H53F4N5O4Si/c1-25(2)57(26(3)4,27(5)6)16-12-31-34(45)10-9-28-17-30(56-24-54-7)18-32(37(28)31)39-38(47)40-33(20-48-39)41(51-15-11-35(46)36(53)22-51)50-42(49-40)55-23-43-13-8-14-52(43)21-29(44)19-43/h9-10,17-18,20,25-27,29,35-36,53H,8,11,13-15,19,21-24H2,1-7H3/t29-,35-,36-,43+/m1/s1. The number of methoxy groups -OCH3 is 1. The molecule has 0 radical (unpaired) electrons. The molecule has 0 amide bonds. The summed E-state index contributed by atoms with van der Waals surface area (Å²) in [6.07, 6.45) is -0.223. The third kappa shape index (κ3) is 7.56. The van der Waals surface area contributed by atoms with Crippen LogP contribution in [0.5, 0.6) is 11.8 Å². The number of pyridine rings is 1. The Balaban J connectivity index is 1.43. The molecule has 1 N–H and O–H groups in total. The molecule has 2 aromatic carbocycles. The molecular formula is C43H53F4N5O4Si. The molecule has 4 aromatic rings. The Kier molecular flexibility index (Phi) is 11.8. The number of rotatable bonds is 11.